The first-order valence-electron chi connectivity index (χ1n) is 12.7. The number of halogens is 2. The zero-order valence-electron chi connectivity index (χ0n) is 22.7. The molecule has 0 unspecified atom stereocenters. The van der Waals surface area contributed by atoms with Crippen molar-refractivity contribution < 1.29 is 33.3 Å². The van der Waals surface area contributed by atoms with Gasteiger partial charge >= 0.3 is 12.1 Å². The average molecular weight is 588 g/mol. The smallest absolute Gasteiger partial charge is 0.408 e. The summed E-state index contributed by atoms with van der Waals surface area (Å²) in [6.45, 7) is 5.90. The van der Waals surface area contributed by atoms with Crippen LogP contribution < -0.4 is 19.5 Å². The molecule has 0 saturated carbocycles. The Morgan fingerprint density at radius 1 is 0.975 bits per heavy atom. The van der Waals surface area contributed by atoms with Gasteiger partial charge in [0.15, 0.2) is 17.6 Å². The van der Waals surface area contributed by atoms with Crippen LogP contribution in [-0.2, 0) is 27.3 Å². The van der Waals surface area contributed by atoms with Crippen LogP contribution in [0.1, 0.15) is 43.6 Å². The first-order chi connectivity index (χ1) is 19.0. The van der Waals surface area contributed by atoms with Gasteiger partial charge in [0, 0.05) is 6.42 Å². The van der Waals surface area contributed by atoms with Crippen LogP contribution in [-0.4, -0.2) is 37.4 Å². The molecule has 0 aliphatic carbocycles. The number of fused-ring (bicyclic) bond motifs is 1. The molecule has 1 N–H and O–H groups in total. The summed E-state index contributed by atoms with van der Waals surface area (Å²) in [5.41, 5.74) is 1.91. The van der Waals surface area contributed by atoms with Crippen molar-refractivity contribution in [2.75, 3.05) is 13.7 Å². The van der Waals surface area contributed by atoms with Gasteiger partial charge in [0.05, 0.1) is 17.2 Å². The Morgan fingerprint density at radius 3 is 2.38 bits per heavy atom. The molecule has 1 aliphatic rings. The number of ether oxygens (including phenoxy) is 5. The highest BCUT2D eigenvalue weighted by Gasteiger charge is 2.27. The number of benzene rings is 3. The third-order valence-corrected chi connectivity index (χ3v) is 6.66. The highest BCUT2D eigenvalue weighted by Crippen LogP contribution is 2.37. The van der Waals surface area contributed by atoms with E-state index in [9.17, 15) is 9.59 Å². The van der Waals surface area contributed by atoms with Crippen molar-refractivity contribution >= 4 is 35.3 Å². The maximum Gasteiger partial charge on any atom is 0.408 e. The normalized spacial score (nSPS) is 15.1. The molecule has 0 aromatic heterocycles. The number of carbonyl (C=O) groups is 2. The molecule has 2 atom stereocenters. The predicted octanol–water partition coefficient (Wildman–Crippen LogP) is 6.69. The molecular weight excluding hydrogens is 557 g/mol. The van der Waals surface area contributed by atoms with Gasteiger partial charge in [0.2, 0.25) is 0 Å². The van der Waals surface area contributed by atoms with Crippen molar-refractivity contribution in [3.05, 3.63) is 87.4 Å². The second-order valence-electron chi connectivity index (χ2n) is 10.2. The van der Waals surface area contributed by atoms with Gasteiger partial charge in [-0.3, -0.25) is 0 Å². The van der Waals surface area contributed by atoms with E-state index in [4.69, 9.17) is 46.9 Å². The fourth-order valence-corrected chi connectivity index (χ4v) is 4.32. The minimum atomic E-state index is -0.924. The summed E-state index contributed by atoms with van der Waals surface area (Å²) in [4.78, 5) is 24.5. The zero-order valence-corrected chi connectivity index (χ0v) is 24.2. The molecule has 40 heavy (non-hydrogen) atoms. The van der Waals surface area contributed by atoms with Gasteiger partial charge in [-0.25, -0.2) is 9.59 Å². The number of alkyl carbamates (subject to hydrolysis) is 1. The fourth-order valence-electron chi connectivity index (χ4n) is 4.00. The molecule has 0 radical (unpaired) electrons. The maximum atomic E-state index is 12.3. The van der Waals surface area contributed by atoms with E-state index in [0.29, 0.717) is 40.5 Å². The van der Waals surface area contributed by atoms with Crippen molar-refractivity contribution in [2.24, 2.45) is 0 Å². The molecular formula is C30H31Cl2NO7. The van der Waals surface area contributed by atoms with Crippen molar-refractivity contribution in [2.45, 2.75) is 51.5 Å². The van der Waals surface area contributed by atoms with Gasteiger partial charge in [-0.05, 0) is 73.9 Å². The zero-order chi connectivity index (χ0) is 28.9. The summed E-state index contributed by atoms with van der Waals surface area (Å²) < 4.78 is 28.2. The summed E-state index contributed by atoms with van der Waals surface area (Å²) in [5.74, 6) is 1.26. The monoisotopic (exact) mass is 587 g/mol. The first-order valence-corrected chi connectivity index (χ1v) is 13.4. The largest absolute Gasteiger partial charge is 0.489 e. The van der Waals surface area contributed by atoms with Crippen LogP contribution in [0.25, 0.3) is 0 Å². The van der Waals surface area contributed by atoms with Crippen LogP contribution in [0.4, 0.5) is 4.79 Å². The molecule has 1 amide bonds. The van der Waals surface area contributed by atoms with Crippen molar-refractivity contribution in [3.63, 3.8) is 0 Å². The SMILES string of the molecule is COC(=O)[C@H](Cc1ccc2c(c1)OC[C@@H](c1ccc(OCc3ccc(Cl)c(Cl)c3)cc1)O2)NC(=O)OC(C)(C)C. The molecule has 8 nitrogen and oxygen atoms in total. The molecule has 0 saturated heterocycles. The minimum Gasteiger partial charge on any atom is -0.489 e. The maximum absolute atomic E-state index is 12.3. The molecule has 0 fully saturated rings. The van der Waals surface area contributed by atoms with E-state index in [1.54, 1.807) is 45.0 Å². The van der Waals surface area contributed by atoms with Crippen molar-refractivity contribution in [1.82, 2.24) is 5.32 Å². The van der Waals surface area contributed by atoms with E-state index in [-0.39, 0.29) is 12.5 Å². The van der Waals surface area contributed by atoms with Crippen LogP contribution in [0.15, 0.2) is 60.7 Å². The summed E-state index contributed by atoms with van der Waals surface area (Å²) in [7, 11) is 1.27. The molecule has 0 spiro atoms. The van der Waals surface area contributed by atoms with E-state index in [2.05, 4.69) is 5.32 Å². The third kappa shape index (κ3) is 7.96. The quantitative estimate of drug-likeness (QED) is 0.293. The highest BCUT2D eigenvalue weighted by atomic mass is 35.5. The van der Waals surface area contributed by atoms with E-state index in [1.165, 1.54) is 7.11 Å². The lowest BCUT2D eigenvalue weighted by atomic mass is 10.0. The van der Waals surface area contributed by atoms with Crippen LogP contribution in [0.5, 0.6) is 17.2 Å². The number of hydrogen-bond acceptors (Lipinski definition) is 7. The summed E-state index contributed by atoms with van der Waals surface area (Å²) in [6.07, 6.45) is -0.816. The van der Waals surface area contributed by atoms with E-state index >= 15 is 0 Å². The lowest BCUT2D eigenvalue weighted by Crippen LogP contribution is -2.45. The molecule has 3 aromatic carbocycles. The lowest BCUT2D eigenvalue weighted by Gasteiger charge is -2.27. The standard InChI is InChI=1S/C30H31Cl2NO7/c1-30(2,3)40-29(35)33-24(28(34)36-4)14-18-6-12-25-26(15-18)38-17-27(39-25)20-7-9-21(10-8-20)37-16-19-5-11-22(31)23(32)13-19/h5-13,15,24,27H,14,16-17H2,1-4H3,(H,33,35)/t24-,27-/m0/s1. The second-order valence-corrected chi connectivity index (χ2v) is 11.0. The first kappa shape index (κ1) is 29.4. The van der Waals surface area contributed by atoms with Crippen LogP contribution in [0.3, 0.4) is 0 Å². The average Bonchev–Trinajstić information content (AvgIpc) is 2.92. The van der Waals surface area contributed by atoms with Gasteiger partial charge in [0.1, 0.15) is 30.6 Å². The van der Waals surface area contributed by atoms with E-state index in [0.717, 1.165) is 16.7 Å². The number of methoxy groups -OCH3 is 1. The van der Waals surface area contributed by atoms with Gasteiger partial charge in [-0.1, -0.05) is 47.5 Å². The number of nitrogens with one attached hydrogen (secondary N) is 1. The van der Waals surface area contributed by atoms with Crippen molar-refractivity contribution in [3.8, 4) is 17.2 Å². The predicted molar refractivity (Wildman–Crippen MR) is 151 cm³/mol. The highest BCUT2D eigenvalue weighted by molar-refractivity contribution is 6.42. The molecule has 212 valence electrons. The Hall–Kier alpha value is -3.62. The van der Waals surface area contributed by atoms with Gasteiger partial charge in [-0.15, -0.1) is 0 Å². The summed E-state index contributed by atoms with van der Waals surface area (Å²) >= 11 is 12.0. The molecule has 1 aliphatic heterocycles. The van der Waals surface area contributed by atoms with Crippen LogP contribution in [0, 0.1) is 0 Å². The van der Waals surface area contributed by atoms with Crippen LogP contribution >= 0.6 is 23.2 Å². The van der Waals surface area contributed by atoms with E-state index < -0.39 is 23.7 Å². The third-order valence-electron chi connectivity index (χ3n) is 5.93. The van der Waals surface area contributed by atoms with Gasteiger partial charge in [0.25, 0.3) is 0 Å². The van der Waals surface area contributed by atoms with Gasteiger partial charge < -0.3 is 29.0 Å². The molecule has 4 rings (SSSR count). The Labute approximate surface area is 243 Å². The van der Waals surface area contributed by atoms with E-state index in [1.807, 2.05) is 36.4 Å². The number of rotatable bonds is 8. The van der Waals surface area contributed by atoms with Crippen molar-refractivity contribution in [1.29, 1.82) is 0 Å². The van der Waals surface area contributed by atoms with Crippen LogP contribution in [0.2, 0.25) is 10.0 Å². The second kappa shape index (κ2) is 12.7. The topological polar surface area (TPSA) is 92.3 Å². The Morgan fingerprint density at radius 2 is 1.70 bits per heavy atom. The molecule has 10 heteroatoms. The lowest BCUT2D eigenvalue weighted by molar-refractivity contribution is -0.143. The van der Waals surface area contributed by atoms with Gasteiger partial charge in [-0.2, -0.15) is 0 Å². The molecule has 1 heterocycles. The number of esters is 1. The number of carbonyl (C=O) groups excluding carboxylic acids is 2. The summed E-state index contributed by atoms with van der Waals surface area (Å²) in [6, 6.07) is 17.5. The number of hydrogen-bond donors (Lipinski definition) is 1. The number of amides is 1. The minimum absolute atomic E-state index is 0.190. The summed E-state index contributed by atoms with van der Waals surface area (Å²) in [5, 5.41) is 3.57. The Balaban J connectivity index is 1.36. The Kier molecular flexibility index (Phi) is 9.32. The molecule has 3 aromatic rings. The fraction of sp³-hybridized carbons (Fsp3) is 0.333. The Bertz CT molecular complexity index is 1360. The molecule has 0 bridgehead atoms.